The molecule has 0 bridgehead atoms. The minimum Gasteiger partial charge on any atom is -0.278 e. The number of benzene rings is 2. The van der Waals surface area contributed by atoms with Crippen molar-refractivity contribution in [1.82, 2.24) is 14.3 Å². The van der Waals surface area contributed by atoms with Gasteiger partial charge in [0.25, 0.3) is 5.91 Å². The van der Waals surface area contributed by atoms with Crippen molar-refractivity contribution in [3.05, 3.63) is 83.9 Å². The Morgan fingerprint density at radius 1 is 0.974 bits per heavy atom. The first-order valence-electron chi connectivity index (χ1n) is 12.4. The molecule has 2 heterocycles. The van der Waals surface area contributed by atoms with E-state index in [1.54, 1.807) is 24.4 Å². The Bertz CT molecular complexity index is 1490. The van der Waals surface area contributed by atoms with Crippen LogP contribution in [0.4, 0.5) is 9.52 Å². The molecular weight excluding hydrogens is 523 g/mol. The van der Waals surface area contributed by atoms with Gasteiger partial charge in [-0.25, -0.2) is 17.8 Å². The Morgan fingerprint density at radius 2 is 1.66 bits per heavy atom. The highest BCUT2D eigenvalue weighted by Gasteiger charge is 2.27. The van der Waals surface area contributed by atoms with E-state index < -0.39 is 10.0 Å². The summed E-state index contributed by atoms with van der Waals surface area (Å²) in [6, 6.07) is 15.7. The van der Waals surface area contributed by atoms with Crippen molar-refractivity contribution in [3.8, 4) is 0 Å². The number of rotatable bonds is 10. The number of thiazole rings is 1. The van der Waals surface area contributed by atoms with Gasteiger partial charge in [0.2, 0.25) is 10.0 Å². The average molecular weight is 555 g/mol. The van der Waals surface area contributed by atoms with Crippen molar-refractivity contribution in [2.24, 2.45) is 11.8 Å². The molecule has 2 aromatic heterocycles. The lowest BCUT2D eigenvalue weighted by molar-refractivity contribution is 0.0984. The molecule has 1 amide bonds. The van der Waals surface area contributed by atoms with Crippen molar-refractivity contribution >= 4 is 42.6 Å². The Hall–Kier alpha value is -3.21. The number of aromatic nitrogens is 2. The van der Waals surface area contributed by atoms with E-state index in [1.807, 2.05) is 33.8 Å². The van der Waals surface area contributed by atoms with Crippen LogP contribution in [-0.2, 0) is 16.6 Å². The van der Waals surface area contributed by atoms with Crippen LogP contribution in [0.15, 0.2) is 71.8 Å². The fraction of sp³-hybridized carbons (Fsp3) is 0.321. The summed E-state index contributed by atoms with van der Waals surface area (Å²) in [6.07, 6.45) is 1.64. The Balaban J connectivity index is 1.67. The topological polar surface area (TPSA) is 83.5 Å². The third-order valence-corrected chi connectivity index (χ3v) is 8.63. The van der Waals surface area contributed by atoms with Crippen LogP contribution in [0.2, 0.25) is 0 Å². The standard InChI is InChI=1S/C28H31FN4O3S2/c1-19(2)16-32(17-20(3)4)38(35,36)24-11-8-21(9-12-24)27(34)33(18-23-7-5-6-14-30-23)28-31-25-13-10-22(29)15-26(25)37-28/h5-15,19-20H,16-18H2,1-4H3. The lowest BCUT2D eigenvalue weighted by Gasteiger charge is -2.26. The van der Waals surface area contributed by atoms with Crippen molar-refractivity contribution in [2.75, 3.05) is 18.0 Å². The fourth-order valence-electron chi connectivity index (χ4n) is 4.04. The molecule has 0 N–H and O–H groups in total. The average Bonchev–Trinajstić information content (AvgIpc) is 3.29. The van der Waals surface area contributed by atoms with Gasteiger partial charge in [-0.05, 0) is 66.4 Å². The minimum atomic E-state index is -3.72. The van der Waals surface area contributed by atoms with Crippen LogP contribution in [0.1, 0.15) is 43.7 Å². The highest BCUT2D eigenvalue weighted by atomic mass is 32.2. The highest BCUT2D eigenvalue weighted by Crippen LogP contribution is 2.31. The molecule has 10 heteroatoms. The summed E-state index contributed by atoms with van der Waals surface area (Å²) in [4.78, 5) is 24.2. The number of sulfonamides is 1. The van der Waals surface area contributed by atoms with Crippen LogP contribution in [0.3, 0.4) is 0 Å². The normalized spacial score (nSPS) is 12.1. The molecule has 0 atom stereocenters. The van der Waals surface area contributed by atoms with Gasteiger partial charge in [-0.2, -0.15) is 4.31 Å². The van der Waals surface area contributed by atoms with Crippen LogP contribution in [0.5, 0.6) is 0 Å². The number of fused-ring (bicyclic) bond motifs is 1. The van der Waals surface area contributed by atoms with Crippen LogP contribution in [0, 0.1) is 17.7 Å². The maximum atomic E-state index is 13.8. The van der Waals surface area contributed by atoms with Crippen LogP contribution in [-0.4, -0.2) is 41.7 Å². The first-order valence-corrected chi connectivity index (χ1v) is 14.7. The number of hydrogen-bond donors (Lipinski definition) is 0. The summed E-state index contributed by atoms with van der Waals surface area (Å²) >= 11 is 1.21. The Kier molecular flexibility index (Phi) is 8.54. The van der Waals surface area contributed by atoms with E-state index in [9.17, 15) is 17.6 Å². The second kappa shape index (κ2) is 11.7. The van der Waals surface area contributed by atoms with Crippen molar-refractivity contribution in [3.63, 3.8) is 0 Å². The summed E-state index contributed by atoms with van der Waals surface area (Å²) in [5.41, 5.74) is 1.55. The van der Waals surface area contributed by atoms with Crippen LogP contribution in [0.25, 0.3) is 10.2 Å². The number of carbonyl (C=O) groups excluding carboxylic acids is 1. The molecule has 4 rings (SSSR count). The van der Waals surface area contributed by atoms with Crippen molar-refractivity contribution < 1.29 is 17.6 Å². The largest absolute Gasteiger partial charge is 0.278 e. The van der Waals surface area contributed by atoms with Gasteiger partial charge in [-0.1, -0.05) is 45.1 Å². The molecule has 38 heavy (non-hydrogen) atoms. The molecule has 7 nitrogen and oxygen atoms in total. The summed E-state index contributed by atoms with van der Waals surface area (Å²) in [5.74, 6) is -0.393. The van der Waals surface area contributed by atoms with Crippen LogP contribution >= 0.6 is 11.3 Å². The Labute approximate surface area is 227 Å². The van der Waals surface area contributed by atoms with E-state index in [-0.39, 0.29) is 35.0 Å². The van der Waals surface area contributed by atoms with Gasteiger partial charge in [-0.3, -0.25) is 14.7 Å². The lowest BCUT2D eigenvalue weighted by Crippen LogP contribution is -2.37. The van der Waals surface area contributed by atoms with Gasteiger partial charge in [0.15, 0.2) is 5.13 Å². The highest BCUT2D eigenvalue weighted by molar-refractivity contribution is 7.89. The zero-order chi connectivity index (χ0) is 27.4. The summed E-state index contributed by atoms with van der Waals surface area (Å²) in [5, 5.41) is 0.401. The molecule has 0 aliphatic rings. The number of amides is 1. The summed E-state index contributed by atoms with van der Waals surface area (Å²) in [6.45, 7) is 8.91. The molecule has 0 aliphatic heterocycles. The predicted molar refractivity (Wildman–Crippen MR) is 149 cm³/mol. The van der Waals surface area contributed by atoms with Gasteiger partial charge in [0, 0.05) is 24.8 Å². The van der Waals surface area contributed by atoms with Gasteiger partial charge in [0.1, 0.15) is 5.82 Å². The molecule has 0 saturated heterocycles. The van der Waals surface area contributed by atoms with Crippen molar-refractivity contribution in [2.45, 2.75) is 39.1 Å². The zero-order valence-corrected chi connectivity index (χ0v) is 23.5. The maximum Gasteiger partial charge on any atom is 0.260 e. The van der Waals surface area contributed by atoms with Crippen molar-refractivity contribution in [1.29, 1.82) is 0 Å². The maximum absolute atomic E-state index is 13.8. The quantitative estimate of drug-likeness (QED) is 0.241. The molecule has 0 spiro atoms. The first-order chi connectivity index (χ1) is 18.0. The first kappa shape index (κ1) is 27.8. The number of halogens is 1. The molecule has 4 aromatic rings. The molecule has 0 saturated carbocycles. The summed E-state index contributed by atoms with van der Waals surface area (Å²) < 4.78 is 42.7. The molecule has 0 radical (unpaired) electrons. The van der Waals surface area contributed by atoms with E-state index in [0.29, 0.717) is 39.7 Å². The van der Waals surface area contributed by atoms with E-state index in [2.05, 4.69) is 9.97 Å². The van der Waals surface area contributed by atoms with E-state index in [1.165, 1.54) is 56.9 Å². The smallest absolute Gasteiger partial charge is 0.260 e. The third kappa shape index (κ3) is 6.43. The molecule has 0 fully saturated rings. The number of nitrogens with zero attached hydrogens (tertiary/aromatic N) is 4. The van der Waals surface area contributed by atoms with E-state index in [0.717, 1.165) is 0 Å². The van der Waals surface area contributed by atoms with Gasteiger partial charge < -0.3 is 0 Å². The van der Waals surface area contributed by atoms with Gasteiger partial charge >= 0.3 is 0 Å². The second-order valence-corrected chi connectivity index (χ2v) is 12.9. The number of hydrogen-bond acceptors (Lipinski definition) is 6. The minimum absolute atomic E-state index is 0.141. The van der Waals surface area contributed by atoms with Crippen LogP contribution < -0.4 is 4.90 Å². The number of pyridine rings is 1. The molecular formula is C28H31FN4O3S2. The lowest BCUT2D eigenvalue weighted by atomic mass is 10.2. The monoisotopic (exact) mass is 554 g/mol. The third-order valence-electron chi connectivity index (χ3n) is 5.74. The molecule has 0 unspecified atom stereocenters. The summed E-state index contributed by atoms with van der Waals surface area (Å²) in [7, 11) is -3.72. The van der Waals surface area contributed by atoms with E-state index >= 15 is 0 Å². The molecule has 2 aromatic carbocycles. The SMILES string of the molecule is CC(C)CN(CC(C)C)S(=O)(=O)c1ccc(C(=O)N(Cc2ccccn2)c2nc3ccc(F)cc3s2)cc1. The number of anilines is 1. The number of carbonyl (C=O) groups is 1. The van der Waals surface area contributed by atoms with Gasteiger partial charge in [0.05, 0.1) is 27.4 Å². The molecule has 200 valence electrons. The van der Waals surface area contributed by atoms with Gasteiger partial charge in [-0.15, -0.1) is 0 Å². The van der Waals surface area contributed by atoms with E-state index in [4.69, 9.17) is 0 Å². The molecule has 0 aliphatic carbocycles. The second-order valence-electron chi connectivity index (χ2n) is 9.95. The fourth-order valence-corrected chi connectivity index (χ4v) is 6.80. The predicted octanol–water partition coefficient (Wildman–Crippen LogP) is 5.98. The Morgan fingerprint density at radius 3 is 2.26 bits per heavy atom. The zero-order valence-electron chi connectivity index (χ0n) is 21.8.